The average molecular weight is 421 g/mol. The van der Waals surface area contributed by atoms with Crippen LogP contribution in [0.15, 0.2) is 62.8 Å². The maximum Gasteiger partial charge on any atom is 0.243 e. The van der Waals surface area contributed by atoms with E-state index in [-0.39, 0.29) is 18.4 Å². The molecule has 0 heterocycles. The molecular formula is C19H21BrN2O2S. The van der Waals surface area contributed by atoms with Crippen LogP contribution in [0.1, 0.15) is 20.8 Å². The highest BCUT2D eigenvalue weighted by atomic mass is 79.9. The molecule has 132 valence electrons. The quantitative estimate of drug-likeness (QED) is 0.736. The lowest BCUT2D eigenvalue weighted by atomic mass is 9.96. The van der Waals surface area contributed by atoms with Gasteiger partial charge in [0.2, 0.25) is 11.8 Å². The van der Waals surface area contributed by atoms with Gasteiger partial charge in [0.05, 0.1) is 6.54 Å². The molecule has 0 fully saturated rings. The molecular weight excluding hydrogens is 400 g/mol. The smallest absolute Gasteiger partial charge is 0.243 e. The summed E-state index contributed by atoms with van der Waals surface area (Å²) < 4.78 is 1.05. The van der Waals surface area contributed by atoms with E-state index in [1.165, 1.54) is 0 Å². The maximum atomic E-state index is 11.9. The number of hydrogen-bond acceptors (Lipinski definition) is 3. The molecule has 6 heteroatoms. The number of nitrogens with one attached hydrogen (secondary N) is 2. The van der Waals surface area contributed by atoms with Crippen molar-refractivity contribution in [3.63, 3.8) is 0 Å². The first-order valence-electron chi connectivity index (χ1n) is 7.86. The van der Waals surface area contributed by atoms with Crippen LogP contribution in [0.3, 0.4) is 0 Å². The number of anilines is 1. The van der Waals surface area contributed by atoms with Gasteiger partial charge in [-0.05, 0) is 48.5 Å². The van der Waals surface area contributed by atoms with Crippen LogP contribution >= 0.6 is 27.7 Å². The van der Waals surface area contributed by atoms with Gasteiger partial charge in [0, 0.05) is 25.4 Å². The molecule has 0 bridgehead atoms. The number of amides is 2. The predicted octanol–water partition coefficient (Wildman–Crippen LogP) is 4.70. The van der Waals surface area contributed by atoms with Gasteiger partial charge in [-0.1, -0.05) is 48.5 Å². The molecule has 2 rings (SSSR count). The van der Waals surface area contributed by atoms with Gasteiger partial charge < -0.3 is 10.6 Å². The lowest BCUT2D eigenvalue weighted by Gasteiger charge is -2.17. The van der Waals surface area contributed by atoms with Crippen molar-refractivity contribution in [1.29, 1.82) is 0 Å². The highest BCUT2D eigenvalue weighted by Crippen LogP contribution is 2.29. The molecule has 0 aliphatic rings. The van der Waals surface area contributed by atoms with Crippen molar-refractivity contribution in [3.8, 4) is 0 Å². The molecule has 0 saturated carbocycles. The van der Waals surface area contributed by atoms with Gasteiger partial charge in [-0.25, -0.2) is 0 Å². The minimum atomic E-state index is -0.508. The van der Waals surface area contributed by atoms with Crippen LogP contribution in [0, 0.1) is 5.41 Å². The molecule has 0 aliphatic heterocycles. The number of carbonyl (C=O) groups excluding carboxylic acids is 2. The number of rotatable bonds is 5. The van der Waals surface area contributed by atoms with Gasteiger partial charge in [-0.3, -0.25) is 9.59 Å². The monoisotopic (exact) mass is 420 g/mol. The van der Waals surface area contributed by atoms with Gasteiger partial charge in [-0.15, -0.1) is 0 Å². The van der Waals surface area contributed by atoms with Crippen molar-refractivity contribution in [2.24, 2.45) is 5.41 Å². The van der Waals surface area contributed by atoms with Crippen LogP contribution in [0.4, 0.5) is 5.69 Å². The Morgan fingerprint density at radius 3 is 2.00 bits per heavy atom. The van der Waals surface area contributed by atoms with Gasteiger partial charge in [0.25, 0.3) is 0 Å². The van der Waals surface area contributed by atoms with Crippen molar-refractivity contribution in [1.82, 2.24) is 5.32 Å². The first kappa shape index (κ1) is 19.5. The van der Waals surface area contributed by atoms with Gasteiger partial charge in [0.1, 0.15) is 0 Å². The summed E-state index contributed by atoms with van der Waals surface area (Å²) in [5, 5.41) is 5.41. The molecule has 2 aromatic carbocycles. The van der Waals surface area contributed by atoms with Gasteiger partial charge >= 0.3 is 0 Å². The largest absolute Gasteiger partial charge is 0.347 e. The van der Waals surface area contributed by atoms with Crippen molar-refractivity contribution in [3.05, 3.63) is 53.0 Å². The first-order valence-corrected chi connectivity index (χ1v) is 9.46. The number of hydrogen-bond donors (Lipinski definition) is 2. The summed E-state index contributed by atoms with van der Waals surface area (Å²) in [6.45, 7) is 5.39. The molecule has 25 heavy (non-hydrogen) atoms. The summed E-state index contributed by atoms with van der Waals surface area (Å²) in [6, 6.07) is 15.7. The zero-order valence-corrected chi connectivity index (χ0v) is 16.8. The Balaban J connectivity index is 1.86. The van der Waals surface area contributed by atoms with Crippen molar-refractivity contribution in [2.45, 2.75) is 30.6 Å². The van der Waals surface area contributed by atoms with E-state index in [1.54, 1.807) is 11.8 Å². The summed E-state index contributed by atoms with van der Waals surface area (Å²) in [5.41, 5.74) is 0.196. The summed E-state index contributed by atoms with van der Waals surface area (Å²) in [4.78, 5) is 25.9. The Labute approximate surface area is 160 Å². The van der Waals surface area contributed by atoms with Crippen molar-refractivity contribution >= 4 is 45.2 Å². The maximum absolute atomic E-state index is 11.9. The topological polar surface area (TPSA) is 58.2 Å². The summed E-state index contributed by atoms with van der Waals surface area (Å²) >= 11 is 5.07. The fraction of sp³-hybridized carbons (Fsp3) is 0.263. The molecule has 2 amide bonds. The van der Waals surface area contributed by atoms with Crippen LogP contribution in [0.5, 0.6) is 0 Å². The molecule has 2 aromatic rings. The third-order valence-corrected chi connectivity index (χ3v) is 4.82. The number of halogens is 1. The third kappa shape index (κ3) is 6.55. The normalized spacial score (nSPS) is 11.0. The fourth-order valence-electron chi connectivity index (χ4n) is 1.88. The Kier molecular flexibility index (Phi) is 6.67. The van der Waals surface area contributed by atoms with E-state index >= 15 is 0 Å². The minimum absolute atomic E-state index is 0.0362. The Morgan fingerprint density at radius 2 is 1.48 bits per heavy atom. The summed E-state index contributed by atoms with van der Waals surface area (Å²) in [6.07, 6.45) is 0. The molecule has 0 aromatic heterocycles. The zero-order valence-electron chi connectivity index (χ0n) is 14.4. The molecule has 2 N–H and O–H groups in total. The molecule has 0 aliphatic carbocycles. The molecule has 0 spiro atoms. The number of benzene rings is 2. The Bertz CT molecular complexity index is 738. The van der Waals surface area contributed by atoms with Crippen LogP contribution in [0.25, 0.3) is 0 Å². The summed E-state index contributed by atoms with van der Waals surface area (Å²) in [7, 11) is 0. The highest BCUT2D eigenvalue weighted by molar-refractivity contribution is 9.10. The van der Waals surface area contributed by atoms with Gasteiger partial charge in [0.15, 0.2) is 0 Å². The third-order valence-electron chi connectivity index (χ3n) is 3.28. The first-order chi connectivity index (χ1) is 11.7. The van der Waals surface area contributed by atoms with Crippen LogP contribution in [0.2, 0.25) is 0 Å². The second kappa shape index (κ2) is 8.54. The van der Waals surface area contributed by atoms with E-state index in [1.807, 2.05) is 69.3 Å². The fourth-order valence-corrected chi connectivity index (χ4v) is 2.96. The lowest BCUT2D eigenvalue weighted by Crippen LogP contribution is -2.39. The summed E-state index contributed by atoms with van der Waals surface area (Å²) in [5.74, 6) is -0.394. The predicted molar refractivity (Wildman–Crippen MR) is 106 cm³/mol. The average Bonchev–Trinajstić information content (AvgIpc) is 2.55. The van der Waals surface area contributed by atoms with Crippen LogP contribution in [-0.2, 0) is 9.59 Å². The van der Waals surface area contributed by atoms with E-state index in [0.717, 1.165) is 14.3 Å². The standard InChI is InChI=1S/C19H21BrN2O2S/c1-19(2,3)18(24)21-12-17(23)22-14-6-10-16(11-7-14)25-15-8-4-13(20)5-9-15/h4-11H,12H2,1-3H3,(H,21,24)(H,22,23). The van der Waals surface area contributed by atoms with E-state index in [2.05, 4.69) is 26.6 Å². The van der Waals surface area contributed by atoms with E-state index in [4.69, 9.17) is 0 Å². The number of carbonyl (C=O) groups is 2. The highest BCUT2D eigenvalue weighted by Gasteiger charge is 2.21. The molecule has 0 saturated heterocycles. The van der Waals surface area contributed by atoms with Gasteiger partial charge in [-0.2, -0.15) is 0 Å². The van der Waals surface area contributed by atoms with Crippen molar-refractivity contribution < 1.29 is 9.59 Å². The second-order valence-corrected chi connectivity index (χ2v) is 8.62. The Morgan fingerprint density at radius 1 is 0.960 bits per heavy atom. The molecule has 0 atom stereocenters. The van der Waals surface area contributed by atoms with E-state index < -0.39 is 5.41 Å². The van der Waals surface area contributed by atoms with E-state index in [0.29, 0.717) is 5.69 Å². The molecule has 0 radical (unpaired) electrons. The lowest BCUT2D eigenvalue weighted by molar-refractivity contribution is -0.130. The van der Waals surface area contributed by atoms with Crippen LogP contribution < -0.4 is 10.6 Å². The zero-order chi connectivity index (χ0) is 18.4. The van der Waals surface area contributed by atoms with Crippen LogP contribution in [-0.4, -0.2) is 18.4 Å². The minimum Gasteiger partial charge on any atom is -0.347 e. The second-order valence-electron chi connectivity index (χ2n) is 6.56. The Hall–Kier alpha value is -1.79. The van der Waals surface area contributed by atoms with E-state index in [9.17, 15) is 9.59 Å². The van der Waals surface area contributed by atoms with Crippen molar-refractivity contribution in [2.75, 3.05) is 11.9 Å². The molecule has 0 unspecified atom stereocenters. The SMILES string of the molecule is CC(C)(C)C(=O)NCC(=O)Nc1ccc(Sc2ccc(Br)cc2)cc1. The molecule has 4 nitrogen and oxygen atoms in total.